The minimum atomic E-state index is -4.65. The number of furan rings is 1. The molecule has 2 aromatic carbocycles. The average molecular weight is 582 g/mol. The normalized spacial score (nSPS) is 15.2. The van der Waals surface area contributed by atoms with Gasteiger partial charge in [-0.15, -0.1) is 0 Å². The van der Waals surface area contributed by atoms with Crippen LogP contribution in [0.25, 0.3) is 17.0 Å². The van der Waals surface area contributed by atoms with Crippen LogP contribution in [0.5, 0.6) is 5.75 Å². The minimum Gasteiger partial charge on any atom is -0.748 e. The molecule has 0 atom stereocenters. The van der Waals surface area contributed by atoms with Crippen LogP contribution in [0.4, 0.5) is 5.69 Å². The molecular weight excluding hydrogens is 564 g/mol. The Morgan fingerprint density at radius 1 is 1.11 bits per heavy atom. The summed E-state index contributed by atoms with van der Waals surface area (Å²) >= 11 is 12.1. The van der Waals surface area contributed by atoms with Crippen LogP contribution < -0.4 is 39.2 Å². The van der Waals surface area contributed by atoms with Gasteiger partial charge in [0.25, 0.3) is 10.1 Å². The second kappa shape index (κ2) is 11.1. The van der Waals surface area contributed by atoms with E-state index in [4.69, 9.17) is 32.4 Å². The smallest absolute Gasteiger partial charge is 0.748 e. The summed E-state index contributed by atoms with van der Waals surface area (Å²) in [6, 6.07) is 9.27. The first-order valence-electron chi connectivity index (χ1n) is 10.1. The molecule has 36 heavy (non-hydrogen) atoms. The summed E-state index contributed by atoms with van der Waals surface area (Å²) in [7, 11) is -9.08. The van der Waals surface area contributed by atoms with E-state index in [1.54, 1.807) is 31.2 Å². The molecule has 3 aromatic rings. The number of ether oxygens (including phenoxy) is 1. The third-order valence-electron chi connectivity index (χ3n) is 5.12. The Balaban J connectivity index is 0.00000361. The van der Waals surface area contributed by atoms with E-state index < -0.39 is 31.9 Å². The fraction of sp³-hybridized carbons (Fsp3) is 0.182. The number of nitrogens with zero attached hydrogens (tertiary/aromatic N) is 1. The third kappa shape index (κ3) is 6.85. The summed E-state index contributed by atoms with van der Waals surface area (Å²) in [5.41, 5.74) is 1.39. The SMILES string of the molecule is CCC(=C/c1oc2ccc(Cl)cc2c1CS(=O)(=O)[O-])/C=C1\Oc2ccc(Cl)cc2N1CS(=O)(=O)O.[Na+]. The van der Waals surface area contributed by atoms with Gasteiger partial charge in [-0.05, 0) is 54.5 Å². The Hall–Kier alpha value is -1.54. The quantitative estimate of drug-likeness (QED) is 0.328. The zero-order valence-electron chi connectivity index (χ0n) is 19.1. The standard InChI is InChI=1S/C22H19Cl2NO8S2.Na/c1-2-13(7-21-17(11-34(26,27)28)16-9-14(23)3-5-19(16)32-21)8-22-25(12-35(29,30)31)18-10-15(24)4-6-20(18)33-22;/h3-10H,2,11-12H2,1H3,(H,26,27,28)(H,29,30,31);/q;+1/p-1/b13-7-,22-8-;. The molecule has 0 saturated heterocycles. The second-order valence-electron chi connectivity index (χ2n) is 7.70. The maximum absolute atomic E-state index is 11.6. The van der Waals surface area contributed by atoms with Gasteiger partial charge in [-0.3, -0.25) is 9.45 Å². The molecule has 4 rings (SSSR count). The van der Waals surface area contributed by atoms with E-state index in [1.165, 1.54) is 29.2 Å². The Morgan fingerprint density at radius 3 is 2.42 bits per heavy atom. The molecule has 0 fully saturated rings. The van der Waals surface area contributed by atoms with E-state index in [-0.39, 0.29) is 46.8 Å². The van der Waals surface area contributed by atoms with Gasteiger partial charge in [0.2, 0.25) is 5.88 Å². The Morgan fingerprint density at radius 2 is 1.78 bits per heavy atom. The van der Waals surface area contributed by atoms with Crippen molar-refractivity contribution in [1.29, 1.82) is 0 Å². The summed E-state index contributed by atoms with van der Waals surface area (Å²) in [6.07, 6.45) is 3.45. The first-order valence-corrected chi connectivity index (χ1v) is 14.0. The van der Waals surface area contributed by atoms with Gasteiger partial charge in [0.1, 0.15) is 11.3 Å². The average Bonchev–Trinajstić information content (AvgIpc) is 3.23. The predicted octanol–water partition coefficient (Wildman–Crippen LogP) is 2.17. The molecule has 9 nitrogen and oxygen atoms in total. The van der Waals surface area contributed by atoms with Crippen LogP contribution in [0, 0.1) is 0 Å². The van der Waals surface area contributed by atoms with E-state index in [2.05, 4.69) is 0 Å². The molecule has 1 N–H and O–H groups in total. The van der Waals surface area contributed by atoms with Crippen molar-refractivity contribution in [3.8, 4) is 5.75 Å². The summed E-state index contributed by atoms with van der Waals surface area (Å²) in [5.74, 6) is -1.04. The van der Waals surface area contributed by atoms with Crippen molar-refractivity contribution < 1.29 is 64.7 Å². The number of anilines is 1. The van der Waals surface area contributed by atoms with Crippen LogP contribution in [0.3, 0.4) is 0 Å². The number of halogens is 2. The number of allylic oxidation sites excluding steroid dienone is 2. The topological polar surface area (TPSA) is 137 Å². The van der Waals surface area contributed by atoms with Crippen molar-refractivity contribution in [3.63, 3.8) is 0 Å². The first kappa shape index (κ1) is 29.0. The second-order valence-corrected chi connectivity index (χ2v) is 11.4. The number of fused-ring (bicyclic) bond motifs is 2. The Labute approximate surface area is 240 Å². The maximum atomic E-state index is 11.6. The van der Waals surface area contributed by atoms with Crippen molar-refractivity contribution in [2.75, 3.05) is 10.8 Å². The number of hydrogen-bond acceptors (Lipinski definition) is 8. The van der Waals surface area contributed by atoms with E-state index in [9.17, 15) is 25.9 Å². The molecule has 14 heteroatoms. The summed E-state index contributed by atoms with van der Waals surface area (Å²) in [6.45, 7) is 1.80. The van der Waals surface area contributed by atoms with Crippen molar-refractivity contribution in [2.45, 2.75) is 19.1 Å². The van der Waals surface area contributed by atoms with E-state index in [0.717, 1.165) is 0 Å². The van der Waals surface area contributed by atoms with E-state index in [1.807, 2.05) is 0 Å². The van der Waals surface area contributed by atoms with Gasteiger partial charge in [0.05, 0.1) is 21.6 Å². The molecule has 0 aliphatic carbocycles. The summed E-state index contributed by atoms with van der Waals surface area (Å²) in [5, 5.41) is 1.07. The van der Waals surface area contributed by atoms with Gasteiger partial charge in [-0.2, -0.15) is 8.42 Å². The van der Waals surface area contributed by atoms with Gasteiger partial charge in [0.15, 0.2) is 11.6 Å². The molecule has 0 radical (unpaired) electrons. The number of rotatable bonds is 7. The van der Waals surface area contributed by atoms with Gasteiger partial charge in [-0.25, -0.2) is 8.42 Å². The fourth-order valence-electron chi connectivity index (χ4n) is 3.63. The molecule has 1 aromatic heterocycles. The molecule has 0 saturated carbocycles. The molecule has 0 unspecified atom stereocenters. The number of hydrogen-bond donors (Lipinski definition) is 1. The van der Waals surface area contributed by atoms with Crippen LogP contribution in [0.15, 0.2) is 58.3 Å². The molecule has 0 bridgehead atoms. The zero-order chi connectivity index (χ0) is 25.5. The molecule has 0 amide bonds. The summed E-state index contributed by atoms with van der Waals surface area (Å²) < 4.78 is 79.0. The van der Waals surface area contributed by atoms with Gasteiger partial charge >= 0.3 is 29.6 Å². The fourth-order valence-corrected chi connectivity index (χ4v) is 5.22. The van der Waals surface area contributed by atoms with Crippen molar-refractivity contribution in [2.24, 2.45) is 0 Å². The molecule has 0 spiro atoms. The van der Waals surface area contributed by atoms with Crippen LogP contribution in [0.1, 0.15) is 24.7 Å². The van der Waals surface area contributed by atoms with E-state index >= 15 is 0 Å². The third-order valence-corrected chi connectivity index (χ3v) is 6.82. The van der Waals surface area contributed by atoms with E-state index in [0.29, 0.717) is 44.4 Å². The first-order chi connectivity index (χ1) is 16.3. The van der Waals surface area contributed by atoms with Crippen LogP contribution >= 0.6 is 23.2 Å². The Bertz CT molecular complexity index is 1600. The van der Waals surface area contributed by atoms with Crippen molar-refractivity contribution in [3.05, 3.63) is 75.3 Å². The molecular formula is C22H18Cl2NNaO8S2. The van der Waals surface area contributed by atoms with Gasteiger partial charge in [-0.1, -0.05) is 30.1 Å². The number of benzene rings is 2. The molecule has 2 heterocycles. The predicted molar refractivity (Wildman–Crippen MR) is 132 cm³/mol. The molecule has 1 aliphatic rings. The summed E-state index contributed by atoms with van der Waals surface area (Å²) in [4.78, 5) is 1.24. The van der Waals surface area contributed by atoms with Crippen LogP contribution in [-0.2, 0) is 26.0 Å². The molecule has 1 aliphatic heterocycles. The molecule has 186 valence electrons. The monoisotopic (exact) mass is 581 g/mol. The largest absolute Gasteiger partial charge is 1.00 e. The van der Waals surface area contributed by atoms with Gasteiger partial charge < -0.3 is 13.7 Å². The zero-order valence-corrected chi connectivity index (χ0v) is 24.2. The minimum absolute atomic E-state index is 0. The van der Waals surface area contributed by atoms with Gasteiger partial charge in [0, 0.05) is 27.1 Å². The maximum Gasteiger partial charge on any atom is 1.00 e. The van der Waals surface area contributed by atoms with Crippen molar-refractivity contribution >= 4 is 66.2 Å². The van der Waals surface area contributed by atoms with Crippen molar-refractivity contribution in [1.82, 2.24) is 0 Å². The van der Waals surface area contributed by atoms with Crippen LogP contribution in [-0.4, -0.2) is 31.8 Å². The van der Waals surface area contributed by atoms with Crippen LogP contribution in [0.2, 0.25) is 10.0 Å². The Kier molecular flexibility index (Phi) is 8.92.